The van der Waals surface area contributed by atoms with Crippen LogP contribution in [0.2, 0.25) is 0 Å². The molecule has 0 bridgehead atoms. The van der Waals surface area contributed by atoms with Crippen LogP contribution in [0.3, 0.4) is 0 Å². The largest absolute Gasteiger partial charge is 0.318 e. The number of amides is 1. The quantitative estimate of drug-likeness (QED) is 0.908. The Morgan fingerprint density at radius 3 is 2.26 bits per heavy atom. The molecule has 0 aliphatic carbocycles. The number of carbonyl (C=O) groups excluding carboxylic acids is 1. The molecular formula is C13H15N5O. The van der Waals surface area contributed by atoms with Gasteiger partial charge in [0.15, 0.2) is 0 Å². The number of aryl methyl sites for hydroxylation is 1. The Balaban J connectivity index is 2.08. The van der Waals surface area contributed by atoms with Crippen LogP contribution in [0.4, 0.5) is 5.69 Å². The van der Waals surface area contributed by atoms with Crippen molar-refractivity contribution in [3.63, 3.8) is 0 Å². The third kappa shape index (κ3) is 3.31. The number of carbonyl (C=O) groups is 1. The molecule has 2 heterocycles. The summed E-state index contributed by atoms with van der Waals surface area (Å²) in [5.74, 6) is 0.675. The van der Waals surface area contributed by atoms with Crippen LogP contribution >= 0.6 is 0 Å². The zero-order chi connectivity index (χ0) is 13.8. The fraction of sp³-hybridized carbons (Fsp3) is 0.308. The topological polar surface area (TPSA) is 80.7 Å². The molecule has 0 saturated carbocycles. The Morgan fingerprint density at radius 1 is 1.05 bits per heavy atom. The number of hydrogen-bond acceptors (Lipinski definition) is 5. The van der Waals surface area contributed by atoms with Gasteiger partial charge in [-0.3, -0.25) is 9.78 Å². The lowest BCUT2D eigenvalue weighted by atomic mass is 10.2. The summed E-state index contributed by atoms with van der Waals surface area (Å²) < 4.78 is 0. The van der Waals surface area contributed by atoms with Gasteiger partial charge in [0.25, 0.3) is 5.91 Å². The second-order valence-corrected chi connectivity index (χ2v) is 4.48. The highest BCUT2D eigenvalue weighted by Gasteiger charge is 2.09. The molecule has 0 atom stereocenters. The van der Waals surface area contributed by atoms with Crippen LogP contribution in [0.5, 0.6) is 0 Å². The number of aromatic nitrogens is 4. The van der Waals surface area contributed by atoms with Gasteiger partial charge in [0, 0.05) is 12.1 Å². The predicted octanol–water partition coefficient (Wildman–Crippen LogP) is 1.95. The molecule has 0 aliphatic rings. The first-order valence-corrected chi connectivity index (χ1v) is 5.98. The Morgan fingerprint density at radius 2 is 1.74 bits per heavy atom. The molecule has 19 heavy (non-hydrogen) atoms. The van der Waals surface area contributed by atoms with Crippen LogP contribution in [0, 0.1) is 6.92 Å². The standard InChI is InChI=1S/C13H15N5O/c1-8(2)12-16-5-10(6-17-12)18-13(19)11-7-14-9(3)4-15-11/h4-8H,1-3H3,(H,18,19). The molecule has 0 aliphatic heterocycles. The van der Waals surface area contributed by atoms with E-state index < -0.39 is 0 Å². The predicted molar refractivity (Wildman–Crippen MR) is 70.8 cm³/mol. The van der Waals surface area contributed by atoms with E-state index in [1.54, 1.807) is 18.6 Å². The second kappa shape index (κ2) is 5.51. The minimum atomic E-state index is -0.326. The van der Waals surface area contributed by atoms with Crippen molar-refractivity contribution in [1.82, 2.24) is 19.9 Å². The third-order valence-electron chi connectivity index (χ3n) is 2.46. The molecule has 6 heteroatoms. The van der Waals surface area contributed by atoms with Crippen molar-refractivity contribution in [2.45, 2.75) is 26.7 Å². The molecule has 1 amide bonds. The summed E-state index contributed by atoms with van der Waals surface area (Å²) in [5, 5.41) is 2.68. The zero-order valence-electron chi connectivity index (χ0n) is 11.1. The monoisotopic (exact) mass is 257 g/mol. The minimum absolute atomic E-state index is 0.257. The summed E-state index contributed by atoms with van der Waals surface area (Å²) in [5.41, 5.74) is 1.57. The van der Waals surface area contributed by atoms with Gasteiger partial charge < -0.3 is 5.32 Å². The summed E-state index contributed by atoms with van der Waals surface area (Å²) in [6.07, 6.45) is 6.16. The summed E-state index contributed by atoms with van der Waals surface area (Å²) in [7, 11) is 0. The van der Waals surface area contributed by atoms with E-state index in [-0.39, 0.29) is 17.5 Å². The molecule has 6 nitrogen and oxygen atoms in total. The first-order chi connectivity index (χ1) is 9.06. The van der Waals surface area contributed by atoms with E-state index in [0.717, 1.165) is 11.5 Å². The third-order valence-corrected chi connectivity index (χ3v) is 2.46. The van der Waals surface area contributed by atoms with Gasteiger partial charge in [-0.05, 0) is 6.92 Å². The summed E-state index contributed by atoms with van der Waals surface area (Å²) in [6.45, 7) is 5.83. The molecule has 98 valence electrons. The molecule has 1 N–H and O–H groups in total. The average Bonchev–Trinajstić information content (AvgIpc) is 2.40. The van der Waals surface area contributed by atoms with E-state index in [9.17, 15) is 4.79 Å². The lowest BCUT2D eigenvalue weighted by Crippen LogP contribution is -2.14. The Kier molecular flexibility index (Phi) is 3.79. The van der Waals surface area contributed by atoms with Crippen molar-refractivity contribution >= 4 is 11.6 Å². The molecule has 2 aromatic rings. The lowest BCUT2D eigenvalue weighted by molar-refractivity contribution is 0.102. The number of rotatable bonds is 3. The number of anilines is 1. The number of nitrogens with one attached hydrogen (secondary N) is 1. The van der Waals surface area contributed by atoms with Gasteiger partial charge in [0.2, 0.25) is 0 Å². The first-order valence-electron chi connectivity index (χ1n) is 5.98. The van der Waals surface area contributed by atoms with E-state index in [1.807, 2.05) is 20.8 Å². The highest BCUT2D eigenvalue weighted by atomic mass is 16.1. The smallest absolute Gasteiger partial charge is 0.275 e. The molecule has 0 unspecified atom stereocenters. The summed E-state index contributed by atoms with van der Waals surface area (Å²) in [4.78, 5) is 28.3. The SMILES string of the molecule is Cc1cnc(C(=O)Nc2cnc(C(C)C)nc2)cn1. The summed E-state index contributed by atoms with van der Waals surface area (Å²) in [6, 6.07) is 0. The fourth-order valence-corrected chi connectivity index (χ4v) is 1.41. The van der Waals surface area contributed by atoms with Crippen molar-refractivity contribution in [3.8, 4) is 0 Å². The van der Waals surface area contributed by atoms with Crippen molar-refractivity contribution in [2.75, 3.05) is 5.32 Å². The molecular weight excluding hydrogens is 242 g/mol. The Hall–Kier alpha value is -2.37. The fourth-order valence-electron chi connectivity index (χ4n) is 1.41. The normalized spacial score (nSPS) is 10.5. The van der Waals surface area contributed by atoms with E-state index >= 15 is 0 Å². The molecule has 0 radical (unpaired) electrons. The van der Waals surface area contributed by atoms with Gasteiger partial charge in [-0.25, -0.2) is 15.0 Å². The average molecular weight is 257 g/mol. The number of nitrogens with zero attached hydrogens (tertiary/aromatic N) is 4. The minimum Gasteiger partial charge on any atom is -0.318 e. The molecule has 0 saturated heterocycles. The highest BCUT2D eigenvalue weighted by Crippen LogP contribution is 2.11. The van der Waals surface area contributed by atoms with E-state index in [2.05, 4.69) is 25.3 Å². The van der Waals surface area contributed by atoms with Crippen molar-refractivity contribution in [1.29, 1.82) is 0 Å². The molecule has 0 aromatic carbocycles. The van der Waals surface area contributed by atoms with Gasteiger partial charge >= 0.3 is 0 Å². The van der Waals surface area contributed by atoms with Crippen LogP contribution < -0.4 is 5.32 Å². The van der Waals surface area contributed by atoms with Crippen LogP contribution in [0.1, 0.15) is 41.8 Å². The maximum atomic E-state index is 11.9. The Labute approximate surface area is 111 Å². The van der Waals surface area contributed by atoms with E-state index in [0.29, 0.717) is 5.69 Å². The van der Waals surface area contributed by atoms with Gasteiger partial charge in [-0.1, -0.05) is 13.8 Å². The molecule has 0 spiro atoms. The molecule has 0 fully saturated rings. The van der Waals surface area contributed by atoms with Crippen molar-refractivity contribution in [2.24, 2.45) is 0 Å². The van der Waals surface area contributed by atoms with Crippen LogP contribution in [-0.4, -0.2) is 25.8 Å². The zero-order valence-corrected chi connectivity index (χ0v) is 11.1. The second-order valence-electron chi connectivity index (χ2n) is 4.48. The maximum absolute atomic E-state index is 11.9. The highest BCUT2D eigenvalue weighted by molar-refractivity contribution is 6.02. The molecule has 2 rings (SSSR count). The van der Waals surface area contributed by atoms with E-state index in [4.69, 9.17) is 0 Å². The number of hydrogen-bond donors (Lipinski definition) is 1. The van der Waals surface area contributed by atoms with Crippen LogP contribution in [0.25, 0.3) is 0 Å². The lowest BCUT2D eigenvalue weighted by Gasteiger charge is -2.06. The van der Waals surface area contributed by atoms with Gasteiger partial charge in [-0.2, -0.15) is 0 Å². The maximum Gasteiger partial charge on any atom is 0.275 e. The van der Waals surface area contributed by atoms with Crippen molar-refractivity contribution in [3.05, 3.63) is 42.0 Å². The van der Waals surface area contributed by atoms with E-state index in [1.165, 1.54) is 6.20 Å². The van der Waals surface area contributed by atoms with Crippen LogP contribution in [-0.2, 0) is 0 Å². The van der Waals surface area contributed by atoms with Gasteiger partial charge in [-0.15, -0.1) is 0 Å². The van der Waals surface area contributed by atoms with Crippen LogP contribution in [0.15, 0.2) is 24.8 Å². The van der Waals surface area contributed by atoms with Crippen molar-refractivity contribution < 1.29 is 4.79 Å². The Bertz CT molecular complexity index is 563. The summed E-state index contributed by atoms with van der Waals surface area (Å²) >= 11 is 0. The van der Waals surface area contributed by atoms with Gasteiger partial charge in [0.1, 0.15) is 11.5 Å². The molecule has 2 aromatic heterocycles. The van der Waals surface area contributed by atoms with Gasteiger partial charge in [0.05, 0.1) is 30.0 Å². The first kappa shape index (κ1) is 13.1.